The predicted molar refractivity (Wildman–Crippen MR) is 69.6 cm³/mol. The molecule has 90 valence electrons. The minimum atomic E-state index is -0.354. The normalized spacial score (nSPS) is 10.9. The summed E-state index contributed by atoms with van der Waals surface area (Å²) in [6.07, 6.45) is 3.60. The first-order valence-electron chi connectivity index (χ1n) is 5.68. The number of rotatable bonds is 2. The van der Waals surface area contributed by atoms with E-state index in [0.717, 1.165) is 11.2 Å². The van der Waals surface area contributed by atoms with E-state index < -0.39 is 0 Å². The molecule has 3 aromatic rings. The number of nitrogens with two attached hydrogens (primary N) is 1. The molecule has 18 heavy (non-hydrogen) atoms. The van der Waals surface area contributed by atoms with Crippen molar-refractivity contribution in [3.8, 4) is 0 Å². The molecule has 1 aromatic carbocycles. The zero-order valence-corrected chi connectivity index (χ0v) is 9.68. The molecule has 0 aliphatic rings. The van der Waals surface area contributed by atoms with Gasteiger partial charge in [-0.2, -0.15) is 0 Å². The van der Waals surface area contributed by atoms with Gasteiger partial charge in [-0.1, -0.05) is 6.07 Å². The molecule has 2 aromatic heterocycles. The summed E-state index contributed by atoms with van der Waals surface area (Å²) in [5.41, 5.74) is 7.49. The molecule has 4 heteroatoms. The second-order valence-electron chi connectivity index (χ2n) is 4.17. The van der Waals surface area contributed by atoms with Crippen molar-refractivity contribution in [3.63, 3.8) is 0 Å². The number of nitrogens with zero attached hydrogens (tertiary/aromatic N) is 2. The van der Waals surface area contributed by atoms with Gasteiger partial charge >= 0.3 is 0 Å². The van der Waals surface area contributed by atoms with Crippen LogP contribution < -0.4 is 5.73 Å². The number of anilines is 1. The van der Waals surface area contributed by atoms with Crippen molar-refractivity contribution in [1.82, 2.24) is 9.55 Å². The van der Waals surface area contributed by atoms with E-state index in [9.17, 15) is 4.39 Å². The zero-order valence-electron chi connectivity index (χ0n) is 9.68. The van der Waals surface area contributed by atoms with Crippen LogP contribution in [0.2, 0.25) is 0 Å². The van der Waals surface area contributed by atoms with Gasteiger partial charge in [0.1, 0.15) is 0 Å². The number of halogens is 1. The second kappa shape index (κ2) is 4.14. The fraction of sp³-hybridized carbons (Fsp3) is 0.0714. The molecule has 0 aliphatic carbocycles. The number of fused-ring (bicyclic) bond motifs is 1. The summed E-state index contributed by atoms with van der Waals surface area (Å²) in [6, 6.07) is 10.9. The van der Waals surface area contributed by atoms with Gasteiger partial charge < -0.3 is 10.3 Å². The van der Waals surface area contributed by atoms with E-state index in [1.165, 1.54) is 0 Å². The number of pyridine rings is 1. The van der Waals surface area contributed by atoms with Crippen molar-refractivity contribution in [3.05, 3.63) is 60.3 Å². The van der Waals surface area contributed by atoms with Crippen molar-refractivity contribution >= 4 is 16.6 Å². The molecule has 0 radical (unpaired) electrons. The lowest BCUT2D eigenvalue weighted by Gasteiger charge is -2.05. The van der Waals surface area contributed by atoms with E-state index in [0.29, 0.717) is 11.9 Å². The van der Waals surface area contributed by atoms with Crippen LogP contribution in [0.1, 0.15) is 5.69 Å². The van der Waals surface area contributed by atoms with Gasteiger partial charge in [0.2, 0.25) is 0 Å². The Labute approximate surface area is 104 Å². The summed E-state index contributed by atoms with van der Waals surface area (Å²) in [5, 5.41) is 0.547. The largest absolute Gasteiger partial charge is 0.396 e. The lowest BCUT2D eigenvalue weighted by molar-refractivity contribution is 0.644. The highest BCUT2D eigenvalue weighted by atomic mass is 19.1. The fourth-order valence-corrected chi connectivity index (χ4v) is 2.06. The van der Waals surface area contributed by atoms with Gasteiger partial charge in [-0.3, -0.25) is 4.98 Å². The Bertz CT molecular complexity index is 689. The van der Waals surface area contributed by atoms with Gasteiger partial charge in [0, 0.05) is 17.8 Å². The molecule has 0 amide bonds. The number of benzene rings is 1. The van der Waals surface area contributed by atoms with Gasteiger partial charge in [0.25, 0.3) is 0 Å². The summed E-state index contributed by atoms with van der Waals surface area (Å²) >= 11 is 0. The summed E-state index contributed by atoms with van der Waals surface area (Å²) in [6.45, 7) is 0.619. The van der Waals surface area contributed by atoms with Crippen molar-refractivity contribution in [2.24, 2.45) is 0 Å². The van der Waals surface area contributed by atoms with Crippen LogP contribution in [0.3, 0.4) is 0 Å². The molecule has 0 saturated carbocycles. The summed E-state index contributed by atoms with van der Waals surface area (Å²) < 4.78 is 15.8. The van der Waals surface area contributed by atoms with Crippen molar-refractivity contribution in [2.75, 3.05) is 5.73 Å². The van der Waals surface area contributed by atoms with Crippen LogP contribution in [0.5, 0.6) is 0 Å². The van der Waals surface area contributed by atoms with Gasteiger partial charge in [-0.15, -0.1) is 0 Å². The van der Waals surface area contributed by atoms with Crippen molar-refractivity contribution in [2.45, 2.75) is 6.54 Å². The highest BCUT2D eigenvalue weighted by Gasteiger charge is 2.08. The molecule has 0 fully saturated rings. The molecule has 0 atom stereocenters. The molecular weight excluding hydrogens is 229 g/mol. The summed E-state index contributed by atoms with van der Waals surface area (Å²) in [7, 11) is 0. The maximum absolute atomic E-state index is 13.8. The second-order valence-corrected chi connectivity index (χ2v) is 4.17. The van der Waals surface area contributed by atoms with E-state index in [2.05, 4.69) is 4.98 Å². The molecule has 3 nitrogen and oxygen atoms in total. The van der Waals surface area contributed by atoms with Crippen LogP contribution in [0, 0.1) is 5.82 Å². The highest BCUT2D eigenvalue weighted by Crippen LogP contribution is 2.24. The Hall–Kier alpha value is -2.36. The van der Waals surface area contributed by atoms with Gasteiger partial charge in [0.15, 0.2) is 5.82 Å². The van der Waals surface area contributed by atoms with Crippen LogP contribution in [0.4, 0.5) is 10.1 Å². The molecule has 2 heterocycles. The molecular formula is C14H12FN3. The number of hydrogen-bond acceptors (Lipinski definition) is 2. The molecule has 0 unspecified atom stereocenters. The standard InChI is InChI=1S/C14H12FN3/c15-14-11-6-8-18(13(11)5-4-12(14)16)9-10-3-1-2-7-17-10/h1-8H,9,16H2. The Morgan fingerprint density at radius 1 is 1.17 bits per heavy atom. The van der Waals surface area contributed by atoms with E-state index in [1.807, 2.05) is 35.0 Å². The van der Waals surface area contributed by atoms with Gasteiger partial charge in [-0.25, -0.2) is 4.39 Å². The molecule has 0 saturated heterocycles. The van der Waals surface area contributed by atoms with Crippen molar-refractivity contribution in [1.29, 1.82) is 0 Å². The maximum Gasteiger partial charge on any atom is 0.155 e. The third-order valence-electron chi connectivity index (χ3n) is 2.98. The summed E-state index contributed by atoms with van der Waals surface area (Å²) in [4.78, 5) is 4.26. The molecule has 0 aliphatic heterocycles. The van der Waals surface area contributed by atoms with Crippen LogP contribution in [-0.4, -0.2) is 9.55 Å². The number of nitrogen functional groups attached to an aromatic ring is 1. The Balaban J connectivity index is 2.06. The lowest BCUT2D eigenvalue weighted by atomic mass is 10.2. The van der Waals surface area contributed by atoms with E-state index in [-0.39, 0.29) is 11.5 Å². The Morgan fingerprint density at radius 3 is 2.83 bits per heavy atom. The monoisotopic (exact) mass is 241 g/mol. The number of aromatic nitrogens is 2. The number of hydrogen-bond donors (Lipinski definition) is 1. The van der Waals surface area contributed by atoms with Crippen LogP contribution >= 0.6 is 0 Å². The molecule has 0 spiro atoms. The van der Waals surface area contributed by atoms with Crippen LogP contribution in [0.25, 0.3) is 10.9 Å². The average molecular weight is 241 g/mol. The van der Waals surface area contributed by atoms with E-state index in [1.54, 1.807) is 18.3 Å². The first kappa shape index (κ1) is 10.8. The zero-order chi connectivity index (χ0) is 12.5. The average Bonchev–Trinajstić information content (AvgIpc) is 2.79. The molecule has 0 bridgehead atoms. The summed E-state index contributed by atoms with van der Waals surface area (Å²) in [5.74, 6) is -0.354. The van der Waals surface area contributed by atoms with E-state index >= 15 is 0 Å². The van der Waals surface area contributed by atoms with E-state index in [4.69, 9.17) is 5.73 Å². The first-order chi connectivity index (χ1) is 8.75. The maximum atomic E-state index is 13.8. The van der Waals surface area contributed by atoms with Crippen LogP contribution in [0.15, 0.2) is 48.8 Å². The SMILES string of the molecule is Nc1ccc2c(ccn2Cc2ccccn2)c1F. The van der Waals surface area contributed by atoms with Gasteiger partial charge in [-0.05, 0) is 30.3 Å². The third-order valence-corrected chi connectivity index (χ3v) is 2.98. The Morgan fingerprint density at radius 2 is 2.06 bits per heavy atom. The van der Waals surface area contributed by atoms with Crippen LogP contribution in [-0.2, 0) is 6.54 Å². The highest BCUT2D eigenvalue weighted by molar-refractivity contribution is 5.84. The van der Waals surface area contributed by atoms with Crippen molar-refractivity contribution < 1.29 is 4.39 Å². The molecule has 3 rings (SSSR count). The minimum absolute atomic E-state index is 0.179. The quantitative estimate of drug-likeness (QED) is 0.701. The molecule has 2 N–H and O–H groups in total. The van der Waals surface area contributed by atoms with Gasteiger partial charge in [0.05, 0.1) is 23.4 Å². The minimum Gasteiger partial charge on any atom is -0.396 e. The fourth-order valence-electron chi connectivity index (χ4n) is 2.06. The lowest BCUT2D eigenvalue weighted by Crippen LogP contribution is -2.00. The third kappa shape index (κ3) is 1.72. The topological polar surface area (TPSA) is 43.8 Å². The predicted octanol–water partition coefficient (Wildman–Crippen LogP) is 2.81. The Kier molecular flexibility index (Phi) is 2.48. The first-order valence-corrected chi connectivity index (χ1v) is 5.68. The smallest absolute Gasteiger partial charge is 0.155 e.